The van der Waals surface area contributed by atoms with Crippen LogP contribution in [0.2, 0.25) is 5.02 Å². The summed E-state index contributed by atoms with van der Waals surface area (Å²) in [6.45, 7) is 2.07. The van der Waals surface area contributed by atoms with Gasteiger partial charge in [-0.2, -0.15) is 0 Å². The second-order valence-corrected chi connectivity index (χ2v) is 4.33. The number of hydrogen-bond donors (Lipinski definition) is 0. The van der Waals surface area contributed by atoms with E-state index in [0.29, 0.717) is 16.3 Å². The molecule has 0 bridgehead atoms. The summed E-state index contributed by atoms with van der Waals surface area (Å²) in [5.41, 5.74) is 1.72. The molecule has 3 heteroatoms. The van der Waals surface area contributed by atoms with Gasteiger partial charge in [0, 0.05) is 5.02 Å². The fourth-order valence-corrected chi connectivity index (χ4v) is 1.75. The Kier molecular flexibility index (Phi) is 4.00. The number of hydrogen-bond acceptors (Lipinski definition) is 2. The van der Waals surface area contributed by atoms with E-state index in [9.17, 15) is 4.79 Å². The van der Waals surface area contributed by atoms with Crippen molar-refractivity contribution >= 4 is 17.6 Å². The monoisotopic (exact) mass is 260 g/mol. The van der Waals surface area contributed by atoms with Crippen molar-refractivity contribution in [2.45, 2.75) is 13.3 Å². The lowest BCUT2D eigenvalue weighted by Crippen LogP contribution is -2.08. The third kappa shape index (κ3) is 3.11. The molecule has 0 fully saturated rings. The zero-order valence-corrected chi connectivity index (χ0v) is 10.8. The first kappa shape index (κ1) is 12.7. The Morgan fingerprint density at radius 2 is 1.89 bits per heavy atom. The molecule has 92 valence electrons. The minimum atomic E-state index is -0.375. The first-order valence-electron chi connectivity index (χ1n) is 5.75. The van der Waals surface area contributed by atoms with Crippen LogP contribution in [0.5, 0.6) is 5.75 Å². The van der Waals surface area contributed by atoms with E-state index in [1.807, 2.05) is 12.1 Å². The predicted molar refractivity (Wildman–Crippen MR) is 72.2 cm³/mol. The Hall–Kier alpha value is -1.80. The van der Waals surface area contributed by atoms with Gasteiger partial charge in [-0.05, 0) is 42.3 Å². The Labute approximate surface area is 111 Å². The lowest BCUT2D eigenvalue weighted by Gasteiger charge is -2.05. The van der Waals surface area contributed by atoms with Crippen LogP contribution in [0.3, 0.4) is 0 Å². The number of halogens is 1. The Morgan fingerprint density at radius 3 is 2.50 bits per heavy atom. The van der Waals surface area contributed by atoms with Crippen molar-refractivity contribution in [3.05, 3.63) is 64.7 Å². The summed E-state index contributed by atoms with van der Waals surface area (Å²) in [6.07, 6.45) is 0.948. The molecule has 0 saturated carbocycles. The predicted octanol–water partition coefficient (Wildman–Crippen LogP) is 4.12. The van der Waals surface area contributed by atoms with Crippen LogP contribution < -0.4 is 4.74 Å². The lowest BCUT2D eigenvalue weighted by atomic mass is 10.1. The summed E-state index contributed by atoms with van der Waals surface area (Å²) in [7, 11) is 0. The van der Waals surface area contributed by atoms with Crippen LogP contribution in [0.1, 0.15) is 22.8 Å². The van der Waals surface area contributed by atoms with Crippen molar-refractivity contribution in [3.8, 4) is 5.75 Å². The van der Waals surface area contributed by atoms with Crippen LogP contribution in [-0.4, -0.2) is 5.97 Å². The largest absolute Gasteiger partial charge is 0.423 e. The number of carbonyl (C=O) groups excluding carboxylic acids is 1. The molecule has 0 aliphatic heterocycles. The molecule has 2 rings (SSSR count). The average Bonchev–Trinajstić information content (AvgIpc) is 2.39. The van der Waals surface area contributed by atoms with Crippen molar-refractivity contribution in [2.24, 2.45) is 0 Å². The lowest BCUT2D eigenvalue weighted by molar-refractivity contribution is 0.0735. The standard InChI is InChI=1S/C15H13ClO2/c1-2-11-6-8-12(9-7-11)15(17)18-14-5-3-4-13(16)10-14/h3-10H,2H2,1H3. The van der Waals surface area contributed by atoms with E-state index < -0.39 is 0 Å². The molecule has 2 aromatic carbocycles. The maximum Gasteiger partial charge on any atom is 0.343 e. The summed E-state index contributed by atoms with van der Waals surface area (Å²) in [5.74, 6) is 0.0759. The van der Waals surface area contributed by atoms with Gasteiger partial charge in [0.15, 0.2) is 0 Å². The molecule has 2 nitrogen and oxygen atoms in total. The molecule has 0 N–H and O–H groups in total. The molecule has 0 aliphatic rings. The van der Waals surface area contributed by atoms with Crippen molar-refractivity contribution < 1.29 is 9.53 Å². The van der Waals surface area contributed by atoms with Crippen LogP contribution >= 0.6 is 11.6 Å². The molecular formula is C15H13ClO2. The molecule has 0 amide bonds. The zero-order chi connectivity index (χ0) is 13.0. The van der Waals surface area contributed by atoms with Crippen molar-refractivity contribution in [2.75, 3.05) is 0 Å². The van der Waals surface area contributed by atoms with Gasteiger partial charge in [-0.1, -0.05) is 36.7 Å². The quantitative estimate of drug-likeness (QED) is 0.613. The first-order chi connectivity index (χ1) is 8.69. The third-order valence-corrected chi connectivity index (χ3v) is 2.84. The van der Waals surface area contributed by atoms with Gasteiger partial charge in [-0.25, -0.2) is 4.79 Å². The van der Waals surface area contributed by atoms with Crippen LogP contribution in [0.4, 0.5) is 0 Å². The van der Waals surface area contributed by atoms with E-state index in [0.717, 1.165) is 6.42 Å². The number of benzene rings is 2. The molecule has 0 atom stereocenters. The van der Waals surface area contributed by atoms with Gasteiger partial charge >= 0.3 is 5.97 Å². The second kappa shape index (κ2) is 5.69. The number of carbonyl (C=O) groups is 1. The number of rotatable bonds is 3. The maximum absolute atomic E-state index is 11.9. The molecule has 0 radical (unpaired) electrons. The molecule has 0 aromatic heterocycles. The minimum Gasteiger partial charge on any atom is -0.423 e. The van der Waals surface area contributed by atoms with Gasteiger partial charge in [-0.3, -0.25) is 0 Å². The van der Waals surface area contributed by atoms with Crippen molar-refractivity contribution in [1.29, 1.82) is 0 Å². The molecule has 0 heterocycles. The number of esters is 1. The second-order valence-electron chi connectivity index (χ2n) is 3.90. The van der Waals surface area contributed by atoms with E-state index in [1.165, 1.54) is 5.56 Å². The topological polar surface area (TPSA) is 26.3 Å². The highest BCUT2D eigenvalue weighted by Crippen LogP contribution is 2.18. The normalized spacial score (nSPS) is 10.1. The summed E-state index contributed by atoms with van der Waals surface area (Å²) >= 11 is 5.82. The van der Waals surface area contributed by atoms with Gasteiger partial charge in [0.05, 0.1) is 5.56 Å². The molecular weight excluding hydrogens is 248 g/mol. The molecule has 2 aromatic rings. The van der Waals surface area contributed by atoms with Crippen LogP contribution in [-0.2, 0) is 6.42 Å². The van der Waals surface area contributed by atoms with Gasteiger partial charge in [-0.15, -0.1) is 0 Å². The van der Waals surface area contributed by atoms with Gasteiger partial charge in [0.1, 0.15) is 5.75 Å². The van der Waals surface area contributed by atoms with Crippen molar-refractivity contribution in [3.63, 3.8) is 0 Å². The Morgan fingerprint density at radius 1 is 1.17 bits per heavy atom. The van der Waals surface area contributed by atoms with E-state index in [4.69, 9.17) is 16.3 Å². The number of aryl methyl sites for hydroxylation is 1. The van der Waals surface area contributed by atoms with Gasteiger partial charge in [0.25, 0.3) is 0 Å². The maximum atomic E-state index is 11.9. The Bertz CT molecular complexity index is 547. The average molecular weight is 261 g/mol. The fourth-order valence-electron chi connectivity index (χ4n) is 1.57. The highest BCUT2D eigenvalue weighted by atomic mass is 35.5. The van der Waals surface area contributed by atoms with Gasteiger partial charge in [0.2, 0.25) is 0 Å². The van der Waals surface area contributed by atoms with Crippen LogP contribution in [0.25, 0.3) is 0 Å². The molecule has 0 aliphatic carbocycles. The molecule has 0 saturated heterocycles. The smallest absolute Gasteiger partial charge is 0.343 e. The third-order valence-electron chi connectivity index (χ3n) is 2.60. The minimum absolute atomic E-state index is 0.375. The summed E-state index contributed by atoms with van der Waals surface area (Å²) < 4.78 is 5.23. The van der Waals surface area contributed by atoms with E-state index in [-0.39, 0.29) is 5.97 Å². The van der Waals surface area contributed by atoms with E-state index >= 15 is 0 Å². The SMILES string of the molecule is CCc1ccc(C(=O)Oc2cccc(Cl)c2)cc1. The van der Waals surface area contributed by atoms with E-state index in [2.05, 4.69) is 6.92 Å². The summed E-state index contributed by atoms with van der Waals surface area (Å²) in [5, 5.41) is 0.543. The summed E-state index contributed by atoms with van der Waals surface area (Å²) in [4.78, 5) is 11.9. The van der Waals surface area contributed by atoms with E-state index in [1.54, 1.807) is 36.4 Å². The molecule has 0 spiro atoms. The molecule has 0 unspecified atom stereocenters. The highest BCUT2D eigenvalue weighted by Gasteiger charge is 2.08. The number of ether oxygens (including phenoxy) is 1. The fraction of sp³-hybridized carbons (Fsp3) is 0.133. The van der Waals surface area contributed by atoms with Crippen molar-refractivity contribution in [1.82, 2.24) is 0 Å². The Balaban J connectivity index is 2.11. The first-order valence-corrected chi connectivity index (χ1v) is 6.13. The van der Waals surface area contributed by atoms with Gasteiger partial charge < -0.3 is 4.74 Å². The summed E-state index contributed by atoms with van der Waals surface area (Å²) in [6, 6.07) is 14.2. The highest BCUT2D eigenvalue weighted by molar-refractivity contribution is 6.30. The zero-order valence-electron chi connectivity index (χ0n) is 10.0. The van der Waals surface area contributed by atoms with Crippen LogP contribution in [0.15, 0.2) is 48.5 Å². The molecule has 18 heavy (non-hydrogen) atoms. The van der Waals surface area contributed by atoms with Crippen LogP contribution in [0, 0.1) is 0 Å².